The molecular formula is C19H18N2O6. The van der Waals surface area contributed by atoms with Crippen LogP contribution in [0.2, 0.25) is 0 Å². The van der Waals surface area contributed by atoms with Gasteiger partial charge in [0, 0.05) is 5.56 Å². The number of carbonyl (C=O) groups is 2. The summed E-state index contributed by atoms with van der Waals surface area (Å²) in [5, 5.41) is 0.0560. The van der Waals surface area contributed by atoms with Crippen molar-refractivity contribution in [2.24, 2.45) is 0 Å². The highest BCUT2D eigenvalue weighted by molar-refractivity contribution is 6.03. The van der Waals surface area contributed by atoms with Crippen LogP contribution in [0.4, 0.5) is 0 Å². The van der Waals surface area contributed by atoms with Gasteiger partial charge in [-0.25, -0.2) is 4.79 Å². The number of ether oxygens (including phenoxy) is 2. The molecule has 1 aromatic carbocycles. The highest BCUT2D eigenvalue weighted by Crippen LogP contribution is 2.22. The van der Waals surface area contributed by atoms with E-state index in [4.69, 9.17) is 13.9 Å². The second-order valence-corrected chi connectivity index (χ2v) is 5.82. The maximum atomic E-state index is 12.4. The smallest absolute Gasteiger partial charge is 0.342 e. The molecule has 0 fully saturated rings. The van der Waals surface area contributed by atoms with E-state index in [1.165, 1.54) is 6.92 Å². The van der Waals surface area contributed by atoms with E-state index in [1.807, 2.05) is 0 Å². The number of carbonyl (C=O) groups excluding carboxylic acids is 2. The van der Waals surface area contributed by atoms with Gasteiger partial charge >= 0.3 is 5.97 Å². The van der Waals surface area contributed by atoms with Gasteiger partial charge in [-0.2, -0.15) is 4.98 Å². The van der Waals surface area contributed by atoms with Gasteiger partial charge in [0.1, 0.15) is 29.1 Å². The number of rotatable bonds is 6. The molecule has 3 aromatic rings. The predicted molar refractivity (Wildman–Crippen MR) is 96.1 cm³/mol. The molecule has 0 amide bonds. The van der Waals surface area contributed by atoms with Crippen LogP contribution in [0.15, 0.2) is 33.5 Å². The number of H-pyrrole nitrogens is 1. The number of aryl methyl sites for hydroxylation is 1. The number of esters is 1. The number of aromatic nitrogens is 2. The van der Waals surface area contributed by atoms with Gasteiger partial charge in [0.05, 0.1) is 6.61 Å². The number of nitrogens with one attached hydrogen (secondary N) is 1. The van der Waals surface area contributed by atoms with Crippen LogP contribution in [0.5, 0.6) is 5.75 Å². The number of furan rings is 1. The van der Waals surface area contributed by atoms with Crippen LogP contribution in [0.25, 0.3) is 11.1 Å². The lowest BCUT2D eigenvalue weighted by Crippen LogP contribution is -2.16. The Morgan fingerprint density at radius 2 is 1.93 bits per heavy atom. The number of fused-ring (bicyclic) bond motifs is 1. The molecule has 0 aliphatic rings. The van der Waals surface area contributed by atoms with E-state index in [9.17, 15) is 14.4 Å². The van der Waals surface area contributed by atoms with Gasteiger partial charge in [-0.05, 0) is 45.0 Å². The molecule has 8 nitrogen and oxygen atoms in total. The Bertz CT molecular complexity index is 1060. The van der Waals surface area contributed by atoms with E-state index in [1.54, 1.807) is 38.1 Å². The average molecular weight is 370 g/mol. The summed E-state index contributed by atoms with van der Waals surface area (Å²) in [4.78, 5) is 42.6. The third-order valence-corrected chi connectivity index (χ3v) is 3.90. The Hall–Kier alpha value is -3.42. The lowest BCUT2D eigenvalue weighted by atomic mass is 10.1. The fourth-order valence-corrected chi connectivity index (χ4v) is 2.62. The van der Waals surface area contributed by atoms with E-state index in [-0.39, 0.29) is 47.2 Å². The van der Waals surface area contributed by atoms with E-state index >= 15 is 0 Å². The Morgan fingerprint density at radius 3 is 2.56 bits per heavy atom. The zero-order chi connectivity index (χ0) is 19.6. The van der Waals surface area contributed by atoms with Crippen molar-refractivity contribution in [1.29, 1.82) is 0 Å². The summed E-state index contributed by atoms with van der Waals surface area (Å²) < 4.78 is 16.0. The van der Waals surface area contributed by atoms with Crippen molar-refractivity contribution in [3.8, 4) is 5.75 Å². The number of benzene rings is 1. The predicted octanol–water partition coefficient (Wildman–Crippen LogP) is 2.78. The summed E-state index contributed by atoms with van der Waals surface area (Å²) >= 11 is 0. The summed E-state index contributed by atoms with van der Waals surface area (Å²) in [5.41, 5.74) is 0.191. The molecule has 0 bridgehead atoms. The van der Waals surface area contributed by atoms with Crippen molar-refractivity contribution >= 4 is 22.9 Å². The lowest BCUT2D eigenvalue weighted by molar-refractivity contribution is 0.0526. The van der Waals surface area contributed by atoms with Crippen LogP contribution < -0.4 is 10.3 Å². The molecule has 0 spiro atoms. The molecule has 140 valence electrons. The molecule has 0 aliphatic carbocycles. The summed E-state index contributed by atoms with van der Waals surface area (Å²) in [7, 11) is 0. The molecule has 2 heterocycles. The molecule has 3 rings (SSSR count). The quantitative estimate of drug-likeness (QED) is 0.524. The first-order valence-corrected chi connectivity index (χ1v) is 8.34. The SMILES string of the molecule is CCOC(=O)c1c(C)oc2nc(COc3ccc(C(C)=O)cc3)[nH]c(=O)c12. The van der Waals surface area contributed by atoms with Gasteiger partial charge < -0.3 is 18.9 Å². The summed E-state index contributed by atoms with van der Waals surface area (Å²) in [6.45, 7) is 4.90. The molecule has 8 heteroatoms. The van der Waals surface area contributed by atoms with Crippen molar-refractivity contribution < 1.29 is 23.5 Å². The lowest BCUT2D eigenvalue weighted by Gasteiger charge is -2.06. The van der Waals surface area contributed by atoms with Crippen molar-refractivity contribution in [2.45, 2.75) is 27.4 Å². The third kappa shape index (κ3) is 3.74. The maximum absolute atomic E-state index is 12.4. The Kier molecular flexibility index (Phi) is 5.07. The summed E-state index contributed by atoms with van der Waals surface area (Å²) in [5.74, 6) is 0.358. The fraction of sp³-hybridized carbons (Fsp3) is 0.263. The van der Waals surface area contributed by atoms with Crippen LogP contribution in [0, 0.1) is 6.92 Å². The van der Waals surface area contributed by atoms with Crippen LogP contribution in [-0.2, 0) is 11.3 Å². The van der Waals surface area contributed by atoms with E-state index in [0.29, 0.717) is 11.3 Å². The molecule has 0 radical (unpaired) electrons. The Morgan fingerprint density at radius 1 is 1.22 bits per heavy atom. The molecule has 0 saturated carbocycles. The standard InChI is InChI=1S/C19H18N2O6/c1-4-25-19(24)15-11(3)27-18-16(15)17(23)20-14(21-18)9-26-13-7-5-12(6-8-13)10(2)22/h5-8H,4,9H2,1-3H3,(H,20,21,23). The first kappa shape index (κ1) is 18.4. The Balaban J connectivity index is 1.85. The highest BCUT2D eigenvalue weighted by atomic mass is 16.5. The highest BCUT2D eigenvalue weighted by Gasteiger charge is 2.23. The number of nitrogens with zero attached hydrogens (tertiary/aromatic N) is 1. The second-order valence-electron chi connectivity index (χ2n) is 5.82. The topological polar surface area (TPSA) is 111 Å². The largest absolute Gasteiger partial charge is 0.486 e. The monoisotopic (exact) mass is 370 g/mol. The molecular weight excluding hydrogens is 352 g/mol. The maximum Gasteiger partial charge on any atom is 0.342 e. The van der Waals surface area contributed by atoms with E-state index in [2.05, 4.69) is 9.97 Å². The van der Waals surface area contributed by atoms with Crippen LogP contribution >= 0.6 is 0 Å². The first-order chi connectivity index (χ1) is 12.9. The van der Waals surface area contributed by atoms with Crippen molar-refractivity contribution in [2.75, 3.05) is 6.61 Å². The normalized spacial score (nSPS) is 10.8. The van der Waals surface area contributed by atoms with Crippen LogP contribution in [0.1, 0.15) is 46.1 Å². The van der Waals surface area contributed by atoms with Crippen LogP contribution in [0.3, 0.4) is 0 Å². The number of hydrogen-bond donors (Lipinski definition) is 1. The van der Waals surface area contributed by atoms with Gasteiger partial charge in [-0.1, -0.05) is 0 Å². The van der Waals surface area contributed by atoms with Crippen molar-refractivity contribution in [3.63, 3.8) is 0 Å². The number of aromatic amines is 1. The second kappa shape index (κ2) is 7.45. The number of hydrogen-bond acceptors (Lipinski definition) is 7. The minimum Gasteiger partial charge on any atom is -0.486 e. The molecule has 2 aromatic heterocycles. The zero-order valence-corrected chi connectivity index (χ0v) is 15.1. The molecule has 0 saturated heterocycles. The third-order valence-electron chi connectivity index (χ3n) is 3.90. The molecule has 0 unspecified atom stereocenters. The molecule has 27 heavy (non-hydrogen) atoms. The van der Waals surface area contributed by atoms with E-state index in [0.717, 1.165) is 0 Å². The average Bonchev–Trinajstić information content (AvgIpc) is 2.97. The molecule has 1 N–H and O–H groups in total. The van der Waals surface area contributed by atoms with Crippen molar-refractivity contribution in [3.05, 3.63) is 57.3 Å². The number of ketones is 1. The summed E-state index contributed by atoms with van der Waals surface area (Å²) in [6, 6.07) is 6.61. The van der Waals surface area contributed by atoms with Crippen LogP contribution in [-0.4, -0.2) is 28.3 Å². The van der Waals surface area contributed by atoms with E-state index < -0.39 is 11.5 Å². The molecule has 0 atom stereocenters. The van der Waals surface area contributed by atoms with Gasteiger partial charge in [0.25, 0.3) is 5.56 Å². The number of Topliss-reactive ketones (excluding diaryl/α,β-unsaturated/α-hetero) is 1. The minimum absolute atomic E-state index is 0.0148. The molecule has 0 aliphatic heterocycles. The minimum atomic E-state index is -0.629. The van der Waals surface area contributed by atoms with Gasteiger partial charge in [0.2, 0.25) is 5.71 Å². The summed E-state index contributed by atoms with van der Waals surface area (Å²) in [6.07, 6.45) is 0. The van der Waals surface area contributed by atoms with Crippen molar-refractivity contribution in [1.82, 2.24) is 9.97 Å². The first-order valence-electron chi connectivity index (χ1n) is 8.34. The Labute approximate surface area is 154 Å². The zero-order valence-electron chi connectivity index (χ0n) is 15.1. The van der Waals surface area contributed by atoms with Gasteiger partial charge in [-0.3, -0.25) is 9.59 Å². The van der Waals surface area contributed by atoms with Gasteiger partial charge in [0.15, 0.2) is 11.6 Å². The van der Waals surface area contributed by atoms with Gasteiger partial charge in [-0.15, -0.1) is 0 Å². The fourth-order valence-electron chi connectivity index (χ4n) is 2.62.